The van der Waals surface area contributed by atoms with Crippen LogP contribution in [0.4, 0.5) is 0 Å². The average molecular weight is 438 g/mol. The molecule has 0 amide bonds. The van der Waals surface area contributed by atoms with Gasteiger partial charge in [-0.25, -0.2) is 4.99 Å². The number of aliphatic imine (C=N–C) groups is 1. The summed E-state index contributed by atoms with van der Waals surface area (Å²) >= 11 is 2.07. The first-order valence-corrected chi connectivity index (χ1v) is 8.77. The number of thioether (sulfide) groups is 1. The minimum atomic E-state index is 0. The fourth-order valence-corrected chi connectivity index (χ4v) is 3.65. The molecule has 0 radical (unpaired) electrons. The number of guanidine groups is 1. The van der Waals surface area contributed by atoms with Crippen molar-refractivity contribution in [3.63, 3.8) is 0 Å². The molecular weight excluding hydrogens is 411 g/mol. The number of hydrogen-bond acceptors (Lipinski definition) is 4. The van der Waals surface area contributed by atoms with Crippen LogP contribution in [0.2, 0.25) is 0 Å². The number of rotatable bonds is 4. The van der Waals surface area contributed by atoms with Gasteiger partial charge in [-0.3, -0.25) is 0 Å². The van der Waals surface area contributed by atoms with Gasteiger partial charge in [-0.1, -0.05) is 12.1 Å². The minimum Gasteiger partial charge on any atom is -0.361 e. The number of halogens is 1. The number of aromatic nitrogens is 1. The van der Waals surface area contributed by atoms with E-state index in [2.05, 4.69) is 41.0 Å². The summed E-state index contributed by atoms with van der Waals surface area (Å²) in [5.74, 6) is 3.05. The van der Waals surface area contributed by atoms with Gasteiger partial charge in [0, 0.05) is 36.2 Å². The summed E-state index contributed by atoms with van der Waals surface area (Å²) < 4.78 is 5.21. The highest BCUT2D eigenvalue weighted by Gasteiger charge is 2.21. The zero-order chi connectivity index (χ0) is 15.2. The van der Waals surface area contributed by atoms with Crippen molar-refractivity contribution in [2.75, 3.05) is 25.4 Å². The molecule has 1 N–H and O–H groups in total. The molecule has 1 aromatic heterocycles. The Balaban J connectivity index is 0.00000242. The molecule has 22 heavy (non-hydrogen) atoms. The van der Waals surface area contributed by atoms with Gasteiger partial charge < -0.3 is 14.7 Å². The second kappa shape index (κ2) is 9.64. The second-order valence-corrected chi connectivity index (χ2v) is 6.73. The molecule has 0 bridgehead atoms. The Bertz CT molecular complexity index is 472. The standard InChI is InChI=1S/C15H26N4OS.HI/c1-5-13-10-19(7-8-21-13)15(16-6-2)17-9-14-11(3)18-20-12(14)4;/h13H,5-10H2,1-4H3,(H,16,17);1H. The van der Waals surface area contributed by atoms with Gasteiger partial charge in [0.05, 0.1) is 12.2 Å². The Labute approximate surface area is 154 Å². The zero-order valence-electron chi connectivity index (χ0n) is 13.9. The summed E-state index contributed by atoms with van der Waals surface area (Å²) in [4.78, 5) is 7.17. The van der Waals surface area contributed by atoms with Crippen LogP contribution in [-0.2, 0) is 6.54 Å². The lowest BCUT2D eigenvalue weighted by Gasteiger charge is -2.34. The molecular formula is C15H27IN4OS. The first-order valence-electron chi connectivity index (χ1n) is 7.72. The molecule has 1 aliphatic heterocycles. The maximum atomic E-state index is 5.21. The van der Waals surface area contributed by atoms with Crippen LogP contribution in [0.1, 0.15) is 37.3 Å². The number of nitrogens with zero attached hydrogens (tertiary/aromatic N) is 3. The molecule has 1 aliphatic rings. The van der Waals surface area contributed by atoms with E-state index in [0.29, 0.717) is 11.8 Å². The van der Waals surface area contributed by atoms with Crippen molar-refractivity contribution >= 4 is 41.7 Å². The quantitative estimate of drug-likeness (QED) is 0.445. The highest BCUT2D eigenvalue weighted by atomic mass is 127. The summed E-state index contributed by atoms with van der Waals surface area (Å²) in [6, 6.07) is 0. The largest absolute Gasteiger partial charge is 0.361 e. The Morgan fingerprint density at radius 1 is 1.45 bits per heavy atom. The third-order valence-electron chi connectivity index (χ3n) is 3.80. The summed E-state index contributed by atoms with van der Waals surface area (Å²) in [6.45, 7) is 12.0. The van der Waals surface area contributed by atoms with Gasteiger partial charge in [0.2, 0.25) is 0 Å². The molecule has 1 atom stereocenters. The Morgan fingerprint density at radius 2 is 2.23 bits per heavy atom. The minimum absolute atomic E-state index is 0. The van der Waals surface area contributed by atoms with Gasteiger partial charge in [0.15, 0.2) is 5.96 Å². The van der Waals surface area contributed by atoms with Crippen molar-refractivity contribution in [3.05, 3.63) is 17.0 Å². The van der Waals surface area contributed by atoms with E-state index in [1.807, 2.05) is 13.8 Å². The zero-order valence-corrected chi connectivity index (χ0v) is 17.0. The van der Waals surface area contributed by atoms with Gasteiger partial charge in [0.25, 0.3) is 0 Å². The van der Waals surface area contributed by atoms with Crippen molar-refractivity contribution in [1.29, 1.82) is 0 Å². The fraction of sp³-hybridized carbons (Fsp3) is 0.733. The van der Waals surface area contributed by atoms with Crippen LogP contribution in [0.3, 0.4) is 0 Å². The molecule has 7 heteroatoms. The maximum Gasteiger partial charge on any atom is 0.194 e. The lowest BCUT2D eigenvalue weighted by Crippen LogP contribution is -2.48. The van der Waals surface area contributed by atoms with Crippen molar-refractivity contribution in [2.24, 2.45) is 4.99 Å². The van der Waals surface area contributed by atoms with E-state index >= 15 is 0 Å². The SMILES string of the molecule is CCNC(=NCc1c(C)noc1C)N1CCSC(CC)C1.I. The van der Waals surface area contributed by atoms with E-state index in [9.17, 15) is 0 Å². The topological polar surface area (TPSA) is 53.7 Å². The lowest BCUT2D eigenvalue weighted by atomic mass is 10.2. The molecule has 5 nitrogen and oxygen atoms in total. The Hall–Kier alpha value is -0.440. The Kier molecular flexibility index (Phi) is 8.59. The monoisotopic (exact) mass is 438 g/mol. The summed E-state index contributed by atoms with van der Waals surface area (Å²) in [6.07, 6.45) is 1.21. The van der Waals surface area contributed by atoms with Crippen LogP contribution >= 0.6 is 35.7 Å². The molecule has 2 heterocycles. The van der Waals surface area contributed by atoms with E-state index < -0.39 is 0 Å². The predicted octanol–water partition coefficient (Wildman–Crippen LogP) is 3.20. The van der Waals surface area contributed by atoms with Gasteiger partial charge in [-0.2, -0.15) is 11.8 Å². The van der Waals surface area contributed by atoms with Gasteiger partial charge in [-0.15, -0.1) is 24.0 Å². The van der Waals surface area contributed by atoms with E-state index in [4.69, 9.17) is 9.52 Å². The third kappa shape index (κ3) is 5.04. The van der Waals surface area contributed by atoms with Crippen molar-refractivity contribution < 1.29 is 4.52 Å². The summed E-state index contributed by atoms with van der Waals surface area (Å²) in [5.41, 5.74) is 2.04. The van der Waals surface area contributed by atoms with Gasteiger partial charge >= 0.3 is 0 Å². The van der Waals surface area contributed by atoms with Crippen LogP contribution < -0.4 is 5.32 Å². The molecule has 0 aromatic carbocycles. The molecule has 1 unspecified atom stereocenters. The number of nitrogens with one attached hydrogen (secondary N) is 1. The second-order valence-electron chi connectivity index (χ2n) is 5.32. The smallest absolute Gasteiger partial charge is 0.194 e. The van der Waals surface area contributed by atoms with Gasteiger partial charge in [0.1, 0.15) is 5.76 Å². The Morgan fingerprint density at radius 3 is 2.82 bits per heavy atom. The third-order valence-corrected chi connectivity index (χ3v) is 5.17. The fourth-order valence-electron chi connectivity index (χ4n) is 2.47. The van der Waals surface area contributed by atoms with Crippen LogP contribution in [0.5, 0.6) is 0 Å². The first-order chi connectivity index (χ1) is 10.2. The molecule has 1 aromatic rings. The van der Waals surface area contributed by atoms with Crippen LogP contribution in [-0.4, -0.2) is 46.7 Å². The van der Waals surface area contributed by atoms with Gasteiger partial charge in [-0.05, 0) is 27.2 Å². The molecule has 1 fully saturated rings. The first kappa shape index (κ1) is 19.6. The van der Waals surface area contributed by atoms with Crippen LogP contribution in [0.15, 0.2) is 9.52 Å². The molecule has 0 spiro atoms. The van der Waals surface area contributed by atoms with Crippen molar-refractivity contribution in [3.8, 4) is 0 Å². The molecule has 0 aliphatic carbocycles. The number of hydrogen-bond donors (Lipinski definition) is 1. The van der Waals surface area contributed by atoms with Crippen molar-refractivity contribution in [2.45, 2.75) is 45.9 Å². The average Bonchev–Trinajstić information content (AvgIpc) is 2.82. The molecule has 0 saturated carbocycles. The molecule has 2 rings (SSSR count). The molecule has 126 valence electrons. The molecule has 1 saturated heterocycles. The summed E-state index contributed by atoms with van der Waals surface area (Å²) in [5, 5.41) is 8.12. The number of aryl methyl sites for hydroxylation is 2. The van der Waals surface area contributed by atoms with Crippen molar-refractivity contribution in [1.82, 2.24) is 15.4 Å². The predicted molar refractivity (Wildman–Crippen MR) is 104 cm³/mol. The van der Waals surface area contributed by atoms with E-state index in [-0.39, 0.29) is 24.0 Å². The van der Waals surface area contributed by atoms with E-state index in [1.165, 1.54) is 12.2 Å². The highest BCUT2D eigenvalue weighted by molar-refractivity contribution is 14.0. The van der Waals surface area contributed by atoms with Crippen LogP contribution in [0.25, 0.3) is 0 Å². The van der Waals surface area contributed by atoms with E-state index in [0.717, 1.165) is 42.6 Å². The maximum absolute atomic E-state index is 5.21. The normalized spacial score (nSPS) is 19.0. The van der Waals surface area contributed by atoms with E-state index in [1.54, 1.807) is 0 Å². The summed E-state index contributed by atoms with van der Waals surface area (Å²) in [7, 11) is 0. The highest BCUT2D eigenvalue weighted by Crippen LogP contribution is 2.21. The van der Waals surface area contributed by atoms with Crippen LogP contribution in [0, 0.1) is 13.8 Å². The lowest BCUT2D eigenvalue weighted by molar-refractivity contribution is 0.392.